The van der Waals surface area contributed by atoms with Crippen LogP contribution in [-0.4, -0.2) is 23.1 Å². The lowest BCUT2D eigenvalue weighted by Crippen LogP contribution is -2.35. The maximum atomic E-state index is 13.3. The van der Waals surface area contributed by atoms with Gasteiger partial charge >= 0.3 is 0 Å². The molecule has 0 saturated heterocycles. The molecule has 1 atom stereocenters. The quantitative estimate of drug-likeness (QED) is 0.723. The summed E-state index contributed by atoms with van der Waals surface area (Å²) in [6.07, 6.45) is 4.57. The number of halogens is 1. The summed E-state index contributed by atoms with van der Waals surface area (Å²) in [6, 6.07) is 4.99. The molecule has 1 aromatic carbocycles. The standard InChI is InChI=1S/C17H27FN2O/c1-5-7-10-15(6-2)20(4)13(3)19-12-14-9-8-11-16(18)17(14)21/h8-9,11,15,19,21H,3,5-7,10,12H2,1-2,4H3. The largest absolute Gasteiger partial charge is 0.505 e. The minimum atomic E-state index is -0.595. The number of hydrogen-bond acceptors (Lipinski definition) is 3. The monoisotopic (exact) mass is 294 g/mol. The van der Waals surface area contributed by atoms with E-state index in [2.05, 4.69) is 30.6 Å². The Balaban J connectivity index is 2.57. The summed E-state index contributed by atoms with van der Waals surface area (Å²) in [7, 11) is 2.02. The molecule has 0 saturated carbocycles. The average molecular weight is 294 g/mol. The number of phenolic OH excluding ortho intramolecular Hbond substituents is 1. The molecule has 0 aliphatic rings. The van der Waals surface area contributed by atoms with Crippen LogP contribution in [0.3, 0.4) is 0 Å². The topological polar surface area (TPSA) is 35.5 Å². The Morgan fingerprint density at radius 2 is 2.14 bits per heavy atom. The van der Waals surface area contributed by atoms with Gasteiger partial charge in [-0.1, -0.05) is 45.4 Å². The van der Waals surface area contributed by atoms with Crippen molar-refractivity contribution in [1.82, 2.24) is 10.2 Å². The van der Waals surface area contributed by atoms with Crippen molar-refractivity contribution in [3.05, 3.63) is 42.0 Å². The van der Waals surface area contributed by atoms with Crippen LogP contribution in [-0.2, 0) is 6.54 Å². The average Bonchev–Trinajstić information content (AvgIpc) is 2.49. The zero-order valence-electron chi connectivity index (χ0n) is 13.3. The minimum Gasteiger partial charge on any atom is -0.505 e. The molecule has 1 aromatic rings. The van der Waals surface area contributed by atoms with Crippen molar-refractivity contribution in [1.29, 1.82) is 0 Å². The Morgan fingerprint density at radius 3 is 2.76 bits per heavy atom. The number of nitrogens with zero attached hydrogens (tertiary/aromatic N) is 1. The molecule has 4 heteroatoms. The predicted molar refractivity (Wildman–Crippen MR) is 85.4 cm³/mol. The van der Waals surface area contributed by atoms with Gasteiger partial charge < -0.3 is 15.3 Å². The van der Waals surface area contributed by atoms with Crippen LogP contribution in [0.1, 0.15) is 45.1 Å². The van der Waals surface area contributed by atoms with E-state index >= 15 is 0 Å². The highest BCUT2D eigenvalue weighted by Crippen LogP contribution is 2.21. The molecule has 21 heavy (non-hydrogen) atoms. The predicted octanol–water partition coefficient (Wildman–Crippen LogP) is 3.99. The molecule has 0 radical (unpaired) electrons. The van der Waals surface area contributed by atoms with Crippen LogP contribution < -0.4 is 5.32 Å². The van der Waals surface area contributed by atoms with Gasteiger partial charge in [0.1, 0.15) is 0 Å². The van der Waals surface area contributed by atoms with E-state index in [-0.39, 0.29) is 5.75 Å². The third-order valence-electron chi connectivity index (χ3n) is 3.89. The van der Waals surface area contributed by atoms with Crippen LogP contribution in [0.2, 0.25) is 0 Å². The maximum absolute atomic E-state index is 13.3. The second-order valence-electron chi connectivity index (χ2n) is 5.36. The van der Waals surface area contributed by atoms with Crippen molar-refractivity contribution in [3.8, 4) is 5.75 Å². The van der Waals surface area contributed by atoms with E-state index in [1.807, 2.05) is 7.05 Å². The minimum absolute atomic E-state index is 0.293. The first kappa shape index (κ1) is 17.3. The number of hydrogen-bond donors (Lipinski definition) is 2. The number of unbranched alkanes of at least 4 members (excludes halogenated alkanes) is 1. The SMILES string of the molecule is C=C(NCc1cccc(F)c1O)N(C)C(CC)CCCC. The van der Waals surface area contributed by atoms with Crippen LogP contribution >= 0.6 is 0 Å². The van der Waals surface area contributed by atoms with E-state index in [0.717, 1.165) is 18.7 Å². The number of para-hydroxylation sites is 1. The van der Waals surface area contributed by atoms with Crippen molar-refractivity contribution in [2.45, 2.75) is 52.1 Å². The summed E-state index contributed by atoms with van der Waals surface area (Å²) in [5.41, 5.74) is 0.533. The summed E-state index contributed by atoms with van der Waals surface area (Å²) in [5, 5.41) is 12.8. The molecule has 0 bridgehead atoms. The summed E-state index contributed by atoms with van der Waals surface area (Å²) in [5.74, 6) is -0.0947. The fraction of sp³-hybridized carbons (Fsp3) is 0.529. The third kappa shape index (κ3) is 4.96. The van der Waals surface area contributed by atoms with E-state index in [1.54, 1.807) is 12.1 Å². The van der Waals surface area contributed by atoms with Crippen LogP contribution in [0.15, 0.2) is 30.6 Å². The van der Waals surface area contributed by atoms with Gasteiger partial charge in [-0.25, -0.2) is 4.39 Å². The van der Waals surface area contributed by atoms with Gasteiger partial charge in [0, 0.05) is 25.2 Å². The van der Waals surface area contributed by atoms with Gasteiger partial charge in [-0.3, -0.25) is 0 Å². The van der Waals surface area contributed by atoms with E-state index < -0.39 is 5.82 Å². The molecule has 118 valence electrons. The molecule has 1 unspecified atom stereocenters. The van der Waals surface area contributed by atoms with Gasteiger partial charge in [-0.05, 0) is 18.9 Å². The Hall–Kier alpha value is -1.71. The van der Waals surface area contributed by atoms with Crippen molar-refractivity contribution < 1.29 is 9.50 Å². The van der Waals surface area contributed by atoms with Gasteiger partial charge in [0.15, 0.2) is 11.6 Å². The van der Waals surface area contributed by atoms with Crippen molar-refractivity contribution in [3.63, 3.8) is 0 Å². The number of rotatable bonds is 9. The van der Waals surface area contributed by atoms with E-state index in [4.69, 9.17) is 0 Å². The fourth-order valence-electron chi connectivity index (χ4n) is 2.36. The Morgan fingerprint density at radius 1 is 1.43 bits per heavy atom. The Labute approximate surface area is 127 Å². The first-order valence-corrected chi connectivity index (χ1v) is 7.63. The molecular weight excluding hydrogens is 267 g/mol. The van der Waals surface area contributed by atoms with Gasteiger partial charge in [-0.15, -0.1) is 0 Å². The molecule has 0 amide bonds. The molecule has 0 fully saturated rings. The number of nitrogens with one attached hydrogen (secondary N) is 1. The summed E-state index contributed by atoms with van der Waals surface area (Å²) in [6.45, 7) is 8.75. The normalized spacial score (nSPS) is 12.0. The molecule has 0 heterocycles. The maximum Gasteiger partial charge on any atom is 0.165 e. The highest BCUT2D eigenvalue weighted by Gasteiger charge is 2.14. The van der Waals surface area contributed by atoms with Gasteiger partial charge in [0.25, 0.3) is 0 Å². The van der Waals surface area contributed by atoms with E-state index in [9.17, 15) is 9.50 Å². The summed E-state index contributed by atoms with van der Waals surface area (Å²) < 4.78 is 13.3. The van der Waals surface area contributed by atoms with Gasteiger partial charge in [0.05, 0.1) is 5.82 Å². The molecule has 2 N–H and O–H groups in total. The highest BCUT2D eigenvalue weighted by atomic mass is 19.1. The van der Waals surface area contributed by atoms with Crippen molar-refractivity contribution >= 4 is 0 Å². The molecule has 0 spiro atoms. The lowest BCUT2D eigenvalue weighted by Gasteiger charge is -2.31. The molecule has 1 rings (SSSR count). The molecule has 0 aromatic heterocycles. The van der Waals surface area contributed by atoms with Crippen LogP contribution in [0.5, 0.6) is 5.75 Å². The lowest BCUT2D eigenvalue weighted by atomic mass is 10.1. The number of aromatic hydroxyl groups is 1. The molecule has 0 aliphatic heterocycles. The fourth-order valence-corrected chi connectivity index (χ4v) is 2.36. The number of benzene rings is 1. The first-order valence-electron chi connectivity index (χ1n) is 7.63. The Kier molecular flexibility index (Phi) is 7.06. The summed E-state index contributed by atoms with van der Waals surface area (Å²) in [4.78, 5) is 2.13. The smallest absolute Gasteiger partial charge is 0.165 e. The lowest BCUT2D eigenvalue weighted by molar-refractivity contribution is 0.258. The second kappa shape index (κ2) is 8.55. The van der Waals surface area contributed by atoms with E-state index in [1.165, 1.54) is 18.9 Å². The van der Waals surface area contributed by atoms with E-state index in [0.29, 0.717) is 18.2 Å². The van der Waals surface area contributed by atoms with Crippen LogP contribution in [0.4, 0.5) is 4.39 Å². The van der Waals surface area contributed by atoms with Gasteiger partial charge in [-0.2, -0.15) is 0 Å². The highest BCUT2D eigenvalue weighted by molar-refractivity contribution is 5.33. The number of phenols is 1. The summed E-state index contributed by atoms with van der Waals surface area (Å²) >= 11 is 0. The second-order valence-corrected chi connectivity index (χ2v) is 5.36. The molecule has 3 nitrogen and oxygen atoms in total. The van der Waals surface area contributed by atoms with Crippen molar-refractivity contribution in [2.24, 2.45) is 0 Å². The first-order chi connectivity index (χ1) is 10.0. The molecule has 0 aliphatic carbocycles. The Bertz CT molecular complexity index is 462. The zero-order chi connectivity index (χ0) is 15.8. The van der Waals surface area contributed by atoms with Crippen molar-refractivity contribution in [2.75, 3.05) is 7.05 Å². The van der Waals surface area contributed by atoms with Crippen LogP contribution in [0.25, 0.3) is 0 Å². The zero-order valence-corrected chi connectivity index (χ0v) is 13.3. The molecular formula is C17H27FN2O. The third-order valence-corrected chi connectivity index (χ3v) is 3.89. The van der Waals surface area contributed by atoms with Crippen LogP contribution in [0, 0.1) is 5.82 Å². The van der Waals surface area contributed by atoms with Gasteiger partial charge in [0.2, 0.25) is 0 Å².